The van der Waals surface area contributed by atoms with E-state index >= 15 is 0 Å². The Kier molecular flexibility index (Phi) is 3.05. The number of hydrogen-bond acceptors (Lipinski definition) is 3. The van der Waals surface area contributed by atoms with Gasteiger partial charge in [0.15, 0.2) is 0 Å². The molecule has 4 heteroatoms. The fourth-order valence-electron chi connectivity index (χ4n) is 2.72. The zero-order chi connectivity index (χ0) is 10.8. The lowest BCUT2D eigenvalue weighted by Crippen LogP contribution is -2.20. The second-order valence-electron chi connectivity index (χ2n) is 4.38. The molecule has 1 aliphatic carbocycles. The molecule has 15 heavy (non-hydrogen) atoms. The predicted octanol–water partition coefficient (Wildman–Crippen LogP) is 1.45. The second kappa shape index (κ2) is 4.31. The van der Waals surface area contributed by atoms with Crippen LogP contribution in [0.25, 0.3) is 0 Å². The lowest BCUT2D eigenvalue weighted by Gasteiger charge is -2.17. The summed E-state index contributed by atoms with van der Waals surface area (Å²) >= 11 is 0. The predicted molar refractivity (Wildman–Crippen MR) is 59.6 cm³/mol. The fraction of sp³-hybridized carbons (Fsp3) is 0.818. The summed E-state index contributed by atoms with van der Waals surface area (Å²) in [5.41, 5.74) is 5.80. The quantitative estimate of drug-likeness (QED) is 0.818. The molecule has 0 bridgehead atoms. The highest BCUT2D eigenvalue weighted by molar-refractivity contribution is 5.05. The molecule has 0 saturated heterocycles. The molecule has 1 aromatic rings. The van der Waals surface area contributed by atoms with Crippen LogP contribution in [0.5, 0.6) is 0 Å². The van der Waals surface area contributed by atoms with Gasteiger partial charge in [-0.05, 0) is 39.2 Å². The van der Waals surface area contributed by atoms with Gasteiger partial charge in [0, 0.05) is 12.5 Å². The first-order valence-corrected chi connectivity index (χ1v) is 5.87. The van der Waals surface area contributed by atoms with Crippen molar-refractivity contribution in [3.8, 4) is 0 Å². The molecule has 2 atom stereocenters. The van der Waals surface area contributed by atoms with Gasteiger partial charge < -0.3 is 10.3 Å². The molecule has 2 rings (SSSR count). The molecule has 84 valence electrons. The Labute approximate surface area is 90.9 Å². The smallest absolute Gasteiger partial charge is 0.136 e. The molecule has 1 aliphatic rings. The lowest BCUT2D eigenvalue weighted by atomic mass is 9.95. The molecule has 0 aromatic carbocycles. The van der Waals surface area contributed by atoms with Gasteiger partial charge in [0.2, 0.25) is 0 Å². The summed E-state index contributed by atoms with van der Waals surface area (Å²) in [4.78, 5) is 0. The van der Waals surface area contributed by atoms with E-state index in [4.69, 9.17) is 5.73 Å². The van der Waals surface area contributed by atoms with Gasteiger partial charge in [0.25, 0.3) is 0 Å². The minimum Gasteiger partial charge on any atom is -0.330 e. The van der Waals surface area contributed by atoms with Crippen molar-refractivity contribution < 1.29 is 0 Å². The van der Waals surface area contributed by atoms with Crippen LogP contribution in [-0.4, -0.2) is 21.3 Å². The van der Waals surface area contributed by atoms with Gasteiger partial charge in [-0.3, -0.25) is 0 Å². The Morgan fingerprint density at radius 1 is 1.40 bits per heavy atom. The van der Waals surface area contributed by atoms with Crippen molar-refractivity contribution in [3.05, 3.63) is 11.6 Å². The standard InChI is InChI=1S/C11H20N4/c1-3-15-8(2)13-14-11(15)10-6-4-5-9(10)7-12/h9-10H,3-7,12H2,1-2H3. The third-order valence-electron chi connectivity index (χ3n) is 3.57. The molecule has 1 heterocycles. The zero-order valence-electron chi connectivity index (χ0n) is 9.61. The molecular weight excluding hydrogens is 188 g/mol. The van der Waals surface area contributed by atoms with Crippen molar-refractivity contribution in [1.29, 1.82) is 0 Å². The Morgan fingerprint density at radius 3 is 2.87 bits per heavy atom. The number of nitrogens with zero attached hydrogens (tertiary/aromatic N) is 3. The summed E-state index contributed by atoms with van der Waals surface area (Å²) in [5, 5.41) is 8.50. The lowest BCUT2D eigenvalue weighted by molar-refractivity contribution is 0.458. The highest BCUT2D eigenvalue weighted by atomic mass is 15.3. The minimum absolute atomic E-state index is 0.538. The van der Waals surface area contributed by atoms with Crippen LogP contribution in [0.3, 0.4) is 0 Å². The van der Waals surface area contributed by atoms with E-state index < -0.39 is 0 Å². The van der Waals surface area contributed by atoms with Gasteiger partial charge >= 0.3 is 0 Å². The van der Waals surface area contributed by atoms with Crippen LogP contribution in [0.1, 0.15) is 43.8 Å². The van der Waals surface area contributed by atoms with Gasteiger partial charge in [-0.15, -0.1) is 10.2 Å². The maximum atomic E-state index is 5.80. The summed E-state index contributed by atoms with van der Waals surface area (Å²) in [5.74, 6) is 3.33. The van der Waals surface area contributed by atoms with Crippen LogP contribution in [0.15, 0.2) is 0 Å². The van der Waals surface area contributed by atoms with Gasteiger partial charge in [0.05, 0.1) is 0 Å². The zero-order valence-corrected chi connectivity index (χ0v) is 9.61. The first-order valence-electron chi connectivity index (χ1n) is 5.87. The first kappa shape index (κ1) is 10.6. The molecule has 0 amide bonds. The monoisotopic (exact) mass is 208 g/mol. The average molecular weight is 208 g/mol. The van der Waals surface area contributed by atoms with Crippen LogP contribution in [0.4, 0.5) is 0 Å². The number of nitrogens with two attached hydrogens (primary N) is 1. The maximum absolute atomic E-state index is 5.80. The van der Waals surface area contributed by atoms with E-state index in [0.717, 1.165) is 24.7 Å². The highest BCUT2D eigenvalue weighted by Crippen LogP contribution is 2.38. The molecular formula is C11H20N4. The summed E-state index contributed by atoms with van der Waals surface area (Å²) in [6.07, 6.45) is 3.75. The molecule has 2 unspecified atom stereocenters. The number of hydrogen-bond donors (Lipinski definition) is 1. The van der Waals surface area contributed by atoms with E-state index in [1.165, 1.54) is 19.3 Å². The van der Waals surface area contributed by atoms with E-state index in [1.54, 1.807) is 0 Å². The summed E-state index contributed by atoms with van der Waals surface area (Å²) in [6.45, 7) is 5.90. The van der Waals surface area contributed by atoms with Gasteiger partial charge in [0.1, 0.15) is 11.6 Å². The van der Waals surface area contributed by atoms with Crippen LogP contribution in [0.2, 0.25) is 0 Å². The van der Waals surface area contributed by atoms with E-state index in [-0.39, 0.29) is 0 Å². The van der Waals surface area contributed by atoms with Gasteiger partial charge in [-0.2, -0.15) is 0 Å². The maximum Gasteiger partial charge on any atom is 0.136 e. The van der Waals surface area contributed by atoms with E-state index in [0.29, 0.717) is 11.8 Å². The molecule has 4 nitrogen and oxygen atoms in total. The van der Waals surface area contributed by atoms with E-state index in [9.17, 15) is 0 Å². The molecule has 0 spiro atoms. The third-order valence-corrected chi connectivity index (χ3v) is 3.57. The molecule has 0 aliphatic heterocycles. The number of aromatic nitrogens is 3. The van der Waals surface area contributed by atoms with Gasteiger partial charge in [-0.25, -0.2) is 0 Å². The SMILES string of the molecule is CCn1c(C)nnc1C1CCCC1CN. The third kappa shape index (κ3) is 1.78. The molecule has 1 aromatic heterocycles. The number of aryl methyl sites for hydroxylation is 1. The fourth-order valence-corrected chi connectivity index (χ4v) is 2.72. The average Bonchev–Trinajstić information content (AvgIpc) is 2.82. The summed E-state index contributed by atoms with van der Waals surface area (Å²) in [6, 6.07) is 0. The number of rotatable bonds is 3. The highest BCUT2D eigenvalue weighted by Gasteiger charge is 2.31. The summed E-state index contributed by atoms with van der Waals surface area (Å²) in [7, 11) is 0. The Hall–Kier alpha value is -0.900. The second-order valence-corrected chi connectivity index (χ2v) is 4.38. The molecule has 2 N–H and O–H groups in total. The van der Waals surface area contributed by atoms with Crippen molar-refractivity contribution >= 4 is 0 Å². The Bertz CT molecular complexity index is 331. The van der Waals surface area contributed by atoms with Crippen molar-refractivity contribution in [2.75, 3.05) is 6.54 Å². The van der Waals surface area contributed by atoms with E-state index in [1.807, 2.05) is 6.92 Å². The topological polar surface area (TPSA) is 56.7 Å². The Morgan fingerprint density at radius 2 is 2.20 bits per heavy atom. The normalized spacial score (nSPS) is 26.1. The van der Waals surface area contributed by atoms with Crippen molar-refractivity contribution in [1.82, 2.24) is 14.8 Å². The minimum atomic E-state index is 0.538. The van der Waals surface area contributed by atoms with Crippen LogP contribution in [0, 0.1) is 12.8 Å². The molecule has 0 radical (unpaired) electrons. The largest absolute Gasteiger partial charge is 0.330 e. The van der Waals surface area contributed by atoms with E-state index in [2.05, 4.69) is 21.7 Å². The van der Waals surface area contributed by atoms with Crippen LogP contribution in [-0.2, 0) is 6.54 Å². The van der Waals surface area contributed by atoms with Gasteiger partial charge in [-0.1, -0.05) is 6.42 Å². The Balaban J connectivity index is 2.28. The van der Waals surface area contributed by atoms with Crippen molar-refractivity contribution in [2.45, 2.75) is 45.6 Å². The summed E-state index contributed by atoms with van der Waals surface area (Å²) < 4.78 is 2.22. The molecule has 1 fully saturated rings. The first-order chi connectivity index (χ1) is 7.27. The van der Waals surface area contributed by atoms with Crippen molar-refractivity contribution in [3.63, 3.8) is 0 Å². The van der Waals surface area contributed by atoms with Crippen molar-refractivity contribution in [2.24, 2.45) is 11.7 Å². The molecule has 1 saturated carbocycles. The van der Waals surface area contributed by atoms with Crippen LogP contribution < -0.4 is 5.73 Å². The van der Waals surface area contributed by atoms with Crippen LogP contribution >= 0.6 is 0 Å².